The first-order valence-corrected chi connectivity index (χ1v) is 14.3. The van der Waals surface area contributed by atoms with Gasteiger partial charge in [-0.2, -0.15) is 0 Å². The molecule has 1 saturated heterocycles. The molecular formula is C31H37N3O2S. The molecule has 194 valence electrons. The number of hydrogen-bond donors (Lipinski definition) is 1. The molecule has 0 spiro atoms. The molecule has 2 amide bonds. The molecule has 1 N–H and O–H groups in total. The van der Waals surface area contributed by atoms with Crippen LogP contribution in [-0.4, -0.2) is 41.2 Å². The average Bonchev–Trinajstić information content (AvgIpc) is 3.42. The maximum Gasteiger partial charge on any atom is 0.254 e. The number of rotatable bonds is 7. The van der Waals surface area contributed by atoms with Crippen LogP contribution in [0.2, 0.25) is 0 Å². The number of carbonyl (C=O) groups is 2. The topological polar surface area (TPSA) is 52.7 Å². The van der Waals surface area contributed by atoms with E-state index in [0.717, 1.165) is 41.7 Å². The SMILES string of the molecule is CC(C)CN1C(=O)c2ccccc2[C@H](C(=O)Nc2ccc(CN3CCC(C)CC3)cc2)[C@H]1c1cccs1. The van der Waals surface area contributed by atoms with E-state index in [2.05, 4.69) is 43.1 Å². The summed E-state index contributed by atoms with van der Waals surface area (Å²) in [6, 6.07) is 19.6. The maximum absolute atomic E-state index is 14.0. The van der Waals surface area contributed by atoms with E-state index in [1.165, 1.54) is 18.4 Å². The van der Waals surface area contributed by atoms with Crippen LogP contribution in [0.15, 0.2) is 66.0 Å². The first-order valence-electron chi connectivity index (χ1n) is 13.5. The number of likely N-dealkylation sites (tertiary alicyclic amines) is 1. The molecule has 2 atom stereocenters. The van der Waals surface area contributed by atoms with E-state index in [9.17, 15) is 9.59 Å². The van der Waals surface area contributed by atoms with E-state index >= 15 is 0 Å². The molecule has 5 nitrogen and oxygen atoms in total. The number of carbonyl (C=O) groups excluding carboxylic acids is 2. The Hall–Kier alpha value is -2.96. The Bertz CT molecular complexity index is 1210. The number of amides is 2. The van der Waals surface area contributed by atoms with Crippen molar-refractivity contribution in [2.45, 2.75) is 52.1 Å². The molecular weight excluding hydrogens is 478 g/mol. The van der Waals surface area contributed by atoms with Crippen LogP contribution in [0.3, 0.4) is 0 Å². The predicted octanol–water partition coefficient (Wildman–Crippen LogP) is 6.56. The molecule has 2 aromatic carbocycles. The second-order valence-electron chi connectivity index (χ2n) is 11.0. The van der Waals surface area contributed by atoms with Gasteiger partial charge in [0.05, 0.1) is 12.0 Å². The van der Waals surface area contributed by atoms with Gasteiger partial charge in [0, 0.05) is 29.2 Å². The number of nitrogens with one attached hydrogen (secondary N) is 1. The fourth-order valence-electron chi connectivity index (χ4n) is 5.64. The minimum Gasteiger partial charge on any atom is -0.329 e. The molecule has 0 aliphatic carbocycles. The molecule has 37 heavy (non-hydrogen) atoms. The smallest absolute Gasteiger partial charge is 0.254 e. The molecule has 1 fully saturated rings. The van der Waals surface area contributed by atoms with Gasteiger partial charge in [0.15, 0.2) is 0 Å². The Labute approximate surface area is 224 Å². The van der Waals surface area contributed by atoms with Crippen molar-refractivity contribution in [3.63, 3.8) is 0 Å². The van der Waals surface area contributed by atoms with E-state index in [4.69, 9.17) is 0 Å². The standard InChI is InChI=1S/C31H37N3O2S/c1-21(2)19-34-29(27-9-6-18-37-27)28(25-7-4-5-8-26(25)31(34)36)30(35)32-24-12-10-23(11-13-24)20-33-16-14-22(3)15-17-33/h4-13,18,21-22,28-29H,14-17,19-20H2,1-3H3,(H,32,35)/t28-,29+/m0/s1. The molecule has 5 rings (SSSR count). The molecule has 0 saturated carbocycles. The Balaban J connectivity index is 1.40. The molecule has 1 aromatic heterocycles. The number of thiophene rings is 1. The number of anilines is 1. The van der Waals surface area contributed by atoms with Crippen molar-refractivity contribution < 1.29 is 9.59 Å². The summed E-state index contributed by atoms with van der Waals surface area (Å²) in [4.78, 5) is 33.0. The van der Waals surface area contributed by atoms with Crippen molar-refractivity contribution in [3.8, 4) is 0 Å². The number of hydrogen-bond acceptors (Lipinski definition) is 4. The second-order valence-corrected chi connectivity index (χ2v) is 12.0. The summed E-state index contributed by atoms with van der Waals surface area (Å²) in [6.07, 6.45) is 2.53. The number of fused-ring (bicyclic) bond motifs is 1. The lowest BCUT2D eigenvalue weighted by Gasteiger charge is -2.42. The molecule has 3 heterocycles. The third kappa shape index (κ3) is 5.65. The quantitative estimate of drug-likeness (QED) is 0.388. The van der Waals surface area contributed by atoms with Gasteiger partial charge in [-0.25, -0.2) is 0 Å². The van der Waals surface area contributed by atoms with Gasteiger partial charge in [-0.05, 0) is 78.5 Å². The Morgan fingerprint density at radius 2 is 1.76 bits per heavy atom. The van der Waals surface area contributed by atoms with Crippen LogP contribution in [-0.2, 0) is 11.3 Å². The Kier molecular flexibility index (Phi) is 7.77. The van der Waals surface area contributed by atoms with Gasteiger partial charge in [-0.1, -0.05) is 57.2 Å². The average molecular weight is 516 g/mol. The normalized spacial score (nSPS) is 20.8. The summed E-state index contributed by atoms with van der Waals surface area (Å²) < 4.78 is 0. The zero-order valence-corrected chi connectivity index (χ0v) is 22.8. The summed E-state index contributed by atoms with van der Waals surface area (Å²) in [6.45, 7) is 10.4. The number of benzene rings is 2. The number of nitrogens with zero attached hydrogens (tertiary/aromatic N) is 2. The van der Waals surface area contributed by atoms with Gasteiger partial charge in [0.25, 0.3) is 5.91 Å². The highest BCUT2D eigenvalue weighted by Crippen LogP contribution is 2.45. The van der Waals surface area contributed by atoms with Crippen molar-refractivity contribution in [3.05, 3.63) is 87.6 Å². The van der Waals surface area contributed by atoms with Crippen LogP contribution in [0.4, 0.5) is 5.69 Å². The molecule has 6 heteroatoms. The first kappa shape index (κ1) is 25.7. The monoisotopic (exact) mass is 515 g/mol. The summed E-state index contributed by atoms with van der Waals surface area (Å²) in [5.41, 5.74) is 3.48. The van der Waals surface area contributed by atoms with E-state index in [1.807, 2.05) is 58.8 Å². The predicted molar refractivity (Wildman–Crippen MR) is 151 cm³/mol. The fourth-order valence-corrected chi connectivity index (χ4v) is 6.51. The lowest BCUT2D eigenvalue weighted by Crippen LogP contribution is -2.47. The number of piperidine rings is 1. The van der Waals surface area contributed by atoms with Gasteiger partial charge >= 0.3 is 0 Å². The fraction of sp³-hybridized carbons (Fsp3) is 0.419. The van der Waals surface area contributed by atoms with Crippen LogP contribution in [0.1, 0.15) is 71.9 Å². The summed E-state index contributed by atoms with van der Waals surface area (Å²) in [7, 11) is 0. The van der Waals surface area contributed by atoms with E-state index in [1.54, 1.807) is 11.3 Å². The van der Waals surface area contributed by atoms with Crippen molar-refractivity contribution in [1.29, 1.82) is 0 Å². The molecule has 3 aromatic rings. The lowest BCUT2D eigenvalue weighted by molar-refractivity contribution is -0.119. The van der Waals surface area contributed by atoms with Crippen LogP contribution >= 0.6 is 11.3 Å². The van der Waals surface area contributed by atoms with E-state index in [0.29, 0.717) is 12.1 Å². The van der Waals surface area contributed by atoms with Gasteiger partial charge in [0.1, 0.15) is 0 Å². The molecule has 0 radical (unpaired) electrons. The van der Waals surface area contributed by atoms with E-state index < -0.39 is 5.92 Å². The molecule has 0 bridgehead atoms. The molecule has 2 aliphatic rings. The van der Waals surface area contributed by atoms with Gasteiger partial charge in [-0.15, -0.1) is 11.3 Å². The summed E-state index contributed by atoms with van der Waals surface area (Å²) >= 11 is 1.60. The van der Waals surface area contributed by atoms with E-state index in [-0.39, 0.29) is 23.8 Å². The second kappa shape index (κ2) is 11.2. The van der Waals surface area contributed by atoms with Gasteiger partial charge in [-0.3, -0.25) is 14.5 Å². The van der Waals surface area contributed by atoms with Crippen LogP contribution < -0.4 is 5.32 Å². The highest BCUT2D eigenvalue weighted by molar-refractivity contribution is 7.10. The van der Waals surface area contributed by atoms with Crippen LogP contribution in [0, 0.1) is 11.8 Å². The van der Waals surface area contributed by atoms with Crippen LogP contribution in [0.5, 0.6) is 0 Å². The van der Waals surface area contributed by atoms with Crippen molar-refractivity contribution in [2.24, 2.45) is 11.8 Å². The Morgan fingerprint density at radius 3 is 2.43 bits per heavy atom. The maximum atomic E-state index is 14.0. The van der Waals surface area contributed by atoms with Crippen LogP contribution in [0.25, 0.3) is 0 Å². The minimum atomic E-state index is -0.485. The van der Waals surface area contributed by atoms with Crippen molar-refractivity contribution in [2.75, 3.05) is 25.0 Å². The van der Waals surface area contributed by atoms with Crippen molar-refractivity contribution in [1.82, 2.24) is 9.80 Å². The van der Waals surface area contributed by atoms with Gasteiger partial charge in [0.2, 0.25) is 5.91 Å². The third-order valence-electron chi connectivity index (χ3n) is 7.62. The summed E-state index contributed by atoms with van der Waals surface area (Å²) in [5.74, 6) is 0.550. The molecule has 2 aliphatic heterocycles. The zero-order chi connectivity index (χ0) is 25.9. The third-order valence-corrected chi connectivity index (χ3v) is 8.56. The largest absolute Gasteiger partial charge is 0.329 e. The highest BCUT2D eigenvalue weighted by atomic mass is 32.1. The summed E-state index contributed by atoms with van der Waals surface area (Å²) in [5, 5.41) is 5.20. The van der Waals surface area contributed by atoms with Crippen molar-refractivity contribution >= 4 is 28.8 Å². The lowest BCUT2D eigenvalue weighted by atomic mass is 9.81. The first-order chi connectivity index (χ1) is 17.9. The highest BCUT2D eigenvalue weighted by Gasteiger charge is 2.44. The minimum absolute atomic E-state index is 0.00297. The Morgan fingerprint density at radius 1 is 1.03 bits per heavy atom. The van der Waals surface area contributed by atoms with Gasteiger partial charge < -0.3 is 10.2 Å². The molecule has 0 unspecified atom stereocenters. The zero-order valence-electron chi connectivity index (χ0n) is 22.0.